The topological polar surface area (TPSA) is 97.8 Å². The van der Waals surface area contributed by atoms with Gasteiger partial charge >= 0.3 is 0 Å². The second-order valence-electron chi connectivity index (χ2n) is 9.39. The number of rotatable bonds is 10. The third kappa shape index (κ3) is 5.63. The van der Waals surface area contributed by atoms with E-state index in [1.807, 2.05) is 19.9 Å². The van der Waals surface area contributed by atoms with Crippen molar-refractivity contribution >= 4 is 17.4 Å². The van der Waals surface area contributed by atoms with Gasteiger partial charge in [-0.15, -0.1) is 0 Å². The van der Waals surface area contributed by atoms with E-state index < -0.39 is 17.7 Å². The van der Waals surface area contributed by atoms with E-state index in [2.05, 4.69) is 4.90 Å². The van der Waals surface area contributed by atoms with Gasteiger partial charge in [-0.2, -0.15) is 0 Å². The Labute approximate surface area is 223 Å². The lowest BCUT2D eigenvalue weighted by molar-refractivity contribution is -0.140. The number of aryl methyl sites for hydroxylation is 1. The molecule has 0 unspecified atom stereocenters. The third-order valence-electron chi connectivity index (χ3n) is 6.95. The summed E-state index contributed by atoms with van der Waals surface area (Å²) >= 11 is 0. The number of methoxy groups -OCH3 is 2. The highest BCUT2D eigenvalue weighted by Gasteiger charge is 2.46. The number of benzene rings is 2. The van der Waals surface area contributed by atoms with Crippen molar-refractivity contribution in [2.75, 3.05) is 60.2 Å². The Morgan fingerprint density at radius 3 is 2.42 bits per heavy atom. The molecule has 0 saturated carbocycles. The lowest BCUT2D eigenvalue weighted by atomic mass is 9.93. The van der Waals surface area contributed by atoms with Crippen molar-refractivity contribution in [1.29, 1.82) is 0 Å². The van der Waals surface area contributed by atoms with Gasteiger partial charge in [-0.25, -0.2) is 0 Å². The van der Waals surface area contributed by atoms with Crippen molar-refractivity contribution < 1.29 is 33.6 Å². The van der Waals surface area contributed by atoms with Crippen LogP contribution in [-0.2, 0) is 14.3 Å². The molecule has 0 aliphatic carbocycles. The van der Waals surface area contributed by atoms with Gasteiger partial charge in [-0.1, -0.05) is 13.0 Å². The van der Waals surface area contributed by atoms with Gasteiger partial charge in [0.05, 0.1) is 45.7 Å². The number of morpholine rings is 1. The van der Waals surface area contributed by atoms with Gasteiger partial charge in [0, 0.05) is 31.7 Å². The maximum atomic E-state index is 13.4. The van der Waals surface area contributed by atoms with Crippen molar-refractivity contribution in [3.8, 4) is 17.2 Å². The predicted octanol–water partition coefficient (Wildman–Crippen LogP) is 3.55. The monoisotopic (exact) mass is 524 g/mol. The molecule has 1 amide bonds. The average Bonchev–Trinajstić information content (AvgIpc) is 3.19. The molecule has 0 radical (unpaired) electrons. The molecule has 1 N–H and O–H groups in total. The first kappa shape index (κ1) is 27.5. The molecular weight excluding hydrogens is 488 g/mol. The van der Waals surface area contributed by atoms with Crippen molar-refractivity contribution in [1.82, 2.24) is 9.80 Å². The van der Waals surface area contributed by atoms with Crippen LogP contribution in [0.4, 0.5) is 0 Å². The number of Topliss-reactive ketones (excluding diaryl/α,β-unsaturated/α-hetero) is 1. The highest BCUT2D eigenvalue weighted by atomic mass is 16.5. The second-order valence-corrected chi connectivity index (χ2v) is 9.39. The van der Waals surface area contributed by atoms with Gasteiger partial charge in [-0.3, -0.25) is 14.5 Å². The molecule has 0 spiro atoms. The Hall–Kier alpha value is -3.56. The van der Waals surface area contributed by atoms with Crippen LogP contribution in [0.1, 0.15) is 36.1 Å². The number of amides is 1. The van der Waals surface area contributed by atoms with Crippen molar-refractivity contribution in [2.24, 2.45) is 0 Å². The van der Waals surface area contributed by atoms with Crippen LogP contribution < -0.4 is 14.2 Å². The summed E-state index contributed by atoms with van der Waals surface area (Å²) in [6, 6.07) is 9.80. The molecule has 38 heavy (non-hydrogen) atoms. The summed E-state index contributed by atoms with van der Waals surface area (Å²) in [7, 11) is 3.07. The van der Waals surface area contributed by atoms with Crippen molar-refractivity contribution in [3.63, 3.8) is 0 Å². The summed E-state index contributed by atoms with van der Waals surface area (Å²) in [5, 5.41) is 11.5. The Balaban J connectivity index is 1.77. The van der Waals surface area contributed by atoms with Crippen LogP contribution in [-0.4, -0.2) is 86.8 Å². The average molecular weight is 525 g/mol. The van der Waals surface area contributed by atoms with Gasteiger partial charge in [0.15, 0.2) is 11.5 Å². The highest BCUT2D eigenvalue weighted by Crippen LogP contribution is 2.42. The first-order valence-electron chi connectivity index (χ1n) is 12.9. The van der Waals surface area contributed by atoms with E-state index in [9.17, 15) is 14.7 Å². The SMILES string of the molecule is CCCOc1ccc(C(O)=C2C(=O)C(=O)N(CCN3CCOCC3)[C@@H]2c2ccc(OC)c(OC)c2)c(C)c1. The van der Waals surface area contributed by atoms with Gasteiger partial charge < -0.3 is 29.0 Å². The van der Waals surface area contributed by atoms with Gasteiger partial charge in [0.25, 0.3) is 11.7 Å². The molecule has 0 aromatic heterocycles. The number of likely N-dealkylation sites (tertiary alicyclic amines) is 1. The number of nitrogens with zero attached hydrogens (tertiary/aromatic N) is 2. The molecule has 204 valence electrons. The van der Waals surface area contributed by atoms with Crippen LogP contribution in [0.3, 0.4) is 0 Å². The number of aliphatic hydroxyl groups excluding tert-OH is 1. The Morgan fingerprint density at radius 2 is 1.76 bits per heavy atom. The molecule has 2 aromatic carbocycles. The zero-order valence-electron chi connectivity index (χ0n) is 22.5. The lowest BCUT2D eigenvalue weighted by Gasteiger charge is -2.31. The standard InChI is InChI=1S/C29H36N2O7/c1-5-14-38-21-7-8-22(19(2)17-21)27(32)25-26(20-6-9-23(35-3)24(18-20)36-4)31(29(34)28(25)33)11-10-30-12-15-37-16-13-30/h6-9,17-18,26,32H,5,10-16H2,1-4H3/t26-/m1/s1. The summed E-state index contributed by atoms with van der Waals surface area (Å²) in [4.78, 5) is 30.5. The number of hydrogen-bond acceptors (Lipinski definition) is 8. The molecule has 1 atom stereocenters. The summed E-state index contributed by atoms with van der Waals surface area (Å²) < 4.78 is 22.0. The molecule has 2 aliphatic heterocycles. The van der Waals surface area contributed by atoms with E-state index in [-0.39, 0.29) is 11.3 Å². The summed E-state index contributed by atoms with van der Waals surface area (Å²) in [5.74, 6) is 0.118. The number of carbonyl (C=O) groups excluding carboxylic acids is 2. The van der Waals surface area contributed by atoms with E-state index in [4.69, 9.17) is 18.9 Å². The normalized spacial score (nSPS) is 19.6. The molecule has 4 rings (SSSR count). The van der Waals surface area contributed by atoms with E-state index in [1.165, 1.54) is 7.11 Å². The zero-order valence-corrected chi connectivity index (χ0v) is 22.5. The fraction of sp³-hybridized carbons (Fsp3) is 0.448. The molecule has 2 fully saturated rings. The summed E-state index contributed by atoms with van der Waals surface area (Å²) in [5.41, 5.74) is 1.91. The first-order valence-corrected chi connectivity index (χ1v) is 12.9. The quantitative estimate of drug-likeness (QED) is 0.286. The minimum absolute atomic E-state index is 0.0505. The molecule has 2 saturated heterocycles. The highest BCUT2D eigenvalue weighted by molar-refractivity contribution is 6.46. The molecule has 2 aliphatic rings. The number of aliphatic hydroxyl groups is 1. The fourth-order valence-corrected chi connectivity index (χ4v) is 4.91. The second kappa shape index (κ2) is 12.3. The van der Waals surface area contributed by atoms with Crippen LogP contribution in [0.5, 0.6) is 17.2 Å². The maximum Gasteiger partial charge on any atom is 0.295 e. The Bertz CT molecular complexity index is 1200. The maximum absolute atomic E-state index is 13.4. The van der Waals surface area contributed by atoms with Crippen molar-refractivity contribution in [2.45, 2.75) is 26.3 Å². The molecule has 0 bridgehead atoms. The Morgan fingerprint density at radius 1 is 1.03 bits per heavy atom. The van der Waals surface area contributed by atoms with Gasteiger partial charge in [-0.05, 0) is 54.8 Å². The van der Waals surface area contributed by atoms with E-state index in [0.29, 0.717) is 61.3 Å². The van der Waals surface area contributed by atoms with Crippen LogP contribution in [0, 0.1) is 6.92 Å². The third-order valence-corrected chi connectivity index (χ3v) is 6.95. The predicted molar refractivity (Wildman–Crippen MR) is 143 cm³/mol. The van der Waals surface area contributed by atoms with E-state index in [1.54, 1.807) is 42.3 Å². The minimum atomic E-state index is -0.786. The molecule has 2 heterocycles. The van der Waals surface area contributed by atoms with Crippen LogP contribution in [0.15, 0.2) is 42.0 Å². The van der Waals surface area contributed by atoms with Crippen LogP contribution >= 0.6 is 0 Å². The molecule has 9 heteroatoms. The van der Waals surface area contributed by atoms with E-state index in [0.717, 1.165) is 25.1 Å². The fourth-order valence-electron chi connectivity index (χ4n) is 4.91. The molecule has 2 aromatic rings. The van der Waals surface area contributed by atoms with Crippen LogP contribution in [0.25, 0.3) is 5.76 Å². The van der Waals surface area contributed by atoms with Crippen LogP contribution in [0.2, 0.25) is 0 Å². The number of carbonyl (C=O) groups is 2. The van der Waals surface area contributed by atoms with Gasteiger partial charge in [0.2, 0.25) is 0 Å². The van der Waals surface area contributed by atoms with Crippen molar-refractivity contribution in [3.05, 3.63) is 58.7 Å². The largest absolute Gasteiger partial charge is 0.507 e. The smallest absolute Gasteiger partial charge is 0.295 e. The number of ketones is 1. The molecular formula is C29H36N2O7. The lowest BCUT2D eigenvalue weighted by Crippen LogP contribution is -2.42. The Kier molecular flexibility index (Phi) is 8.91. The summed E-state index contributed by atoms with van der Waals surface area (Å²) in [6.07, 6.45) is 0.875. The minimum Gasteiger partial charge on any atom is -0.507 e. The zero-order chi connectivity index (χ0) is 27.2. The van der Waals surface area contributed by atoms with Gasteiger partial charge in [0.1, 0.15) is 11.5 Å². The molecule has 9 nitrogen and oxygen atoms in total. The number of ether oxygens (including phenoxy) is 4. The summed E-state index contributed by atoms with van der Waals surface area (Å²) in [6.45, 7) is 8.15. The number of hydrogen-bond donors (Lipinski definition) is 1. The first-order chi connectivity index (χ1) is 18.4. The van der Waals surface area contributed by atoms with E-state index >= 15 is 0 Å².